The molecule has 1 aliphatic heterocycles. The summed E-state index contributed by atoms with van der Waals surface area (Å²) in [6.45, 7) is -0.205. The van der Waals surface area contributed by atoms with Crippen molar-refractivity contribution in [2.75, 3.05) is 6.54 Å². The highest BCUT2D eigenvalue weighted by Gasteiger charge is 2.39. The first-order valence-corrected chi connectivity index (χ1v) is 8.54. The van der Waals surface area contributed by atoms with Crippen LogP contribution < -0.4 is 15.4 Å². The summed E-state index contributed by atoms with van der Waals surface area (Å²) in [5.41, 5.74) is -0.481. The minimum Gasteiger partial charge on any atom is -0.441 e. The maximum atomic E-state index is 12.8. The van der Waals surface area contributed by atoms with E-state index in [1.165, 1.54) is 0 Å². The standard InChI is InChI=1S/C16H10ClF6N3O5/c17-7-3-6(1-2-9(7)31-16(21,22)23)11(8-5-29-13(25-8)15(18,19)20)26-12(27)10-4-24-14(28)30-10/h1-3,5,10-11H,4H2,(H,24,28)(H,26,27)/t10-,11-/m0/s1. The highest BCUT2D eigenvalue weighted by atomic mass is 35.5. The van der Waals surface area contributed by atoms with E-state index in [2.05, 4.69) is 24.8 Å². The number of carbonyl (C=O) groups excluding carboxylic acids is 2. The largest absolute Gasteiger partial charge is 0.573 e. The number of ether oxygens (including phenoxy) is 2. The Bertz CT molecular complexity index is 993. The molecule has 15 heteroatoms. The summed E-state index contributed by atoms with van der Waals surface area (Å²) < 4.78 is 88.6. The molecule has 0 radical (unpaired) electrons. The van der Waals surface area contributed by atoms with Crippen molar-refractivity contribution in [1.82, 2.24) is 15.6 Å². The van der Waals surface area contributed by atoms with Gasteiger partial charge in [-0.2, -0.15) is 13.2 Å². The van der Waals surface area contributed by atoms with E-state index in [1.54, 1.807) is 0 Å². The predicted molar refractivity (Wildman–Crippen MR) is 87.9 cm³/mol. The van der Waals surface area contributed by atoms with Crippen LogP contribution in [-0.2, 0) is 15.7 Å². The van der Waals surface area contributed by atoms with Crippen molar-refractivity contribution in [3.05, 3.63) is 46.6 Å². The fourth-order valence-electron chi connectivity index (χ4n) is 2.55. The van der Waals surface area contributed by atoms with Crippen LogP contribution in [0.5, 0.6) is 5.75 Å². The van der Waals surface area contributed by atoms with Gasteiger partial charge in [-0.15, -0.1) is 13.2 Å². The number of cyclic esters (lactones) is 1. The van der Waals surface area contributed by atoms with E-state index in [0.29, 0.717) is 6.26 Å². The summed E-state index contributed by atoms with van der Waals surface area (Å²) in [6.07, 6.45) is -11.5. The lowest BCUT2D eigenvalue weighted by Gasteiger charge is -2.20. The second-order valence-corrected chi connectivity index (χ2v) is 6.44. The molecule has 31 heavy (non-hydrogen) atoms. The molecule has 1 aliphatic rings. The maximum absolute atomic E-state index is 12.8. The van der Waals surface area contributed by atoms with E-state index in [9.17, 15) is 35.9 Å². The molecule has 0 spiro atoms. The Morgan fingerprint density at radius 1 is 1.29 bits per heavy atom. The summed E-state index contributed by atoms with van der Waals surface area (Å²) in [4.78, 5) is 26.8. The summed E-state index contributed by atoms with van der Waals surface area (Å²) in [6, 6.07) is 1.34. The van der Waals surface area contributed by atoms with Gasteiger partial charge in [0.25, 0.3) is 5.91 Å². The fraction of sp³-hybridized carbons (Fsp3) is 0.312. The third-order valence-corrected chi connectivity index (χ3v) is 4.13. The molecular weight excluding hydrogens is 464 g/mol. The molecule has 2 amide bonds. The molecule has 2 atom stereocenters. The smallest absolute Gasteiger partial charge is 0.441 e. The highest BCUT2D eigenvalue weighted by Crippen LogP contribution is 2.35. The van der Waals surface area contributed by atoms with Crippen LogP contribution in [0.4, 0.5) is 31.1 Å². The van der Waals surface area contributed by atoms with Crippen LogP contribution >= 0.6 is 11.6 Å². The molecule has 1 fully saturated rings. The van der Waals surface area contributed by atoms with Crippen molar-refractivity contribution in [1.29, 1.82) is 0 Å². The van der Waals surface area contributed by atoms with Gasteiger partial charge < -0.3 is 24.5 Å². The zero-order valence-electron chi connectivity index (χ0n) is 14.8. The Morgan fingerprint density at radius 2 is 2.00 bits per heavy atom. The molecule has 2 N–H and O–H groups in total. The zero-order chi connectivity index (χ0) is 23.0. The Kier molecular flexibility index (Phi) is 5.93. The van der Waals surface area contributed by atoms with Gasteiger partial charge in [-0.1, -0.05) is 17.7 Å². The van der Waals surface area contributed by atoms with Crippen LogP contribution in [-0.4, -0.2) is 36.0 Å². The third kappa shape index (κ3) is 5.51. The number of benzene rings is 1. The molecular formula is C16H10ClF6N3O5. The van der Waals surface area contributed by atoms with E-state index in [4.69, 9.17) is 16.3 Å². The number of alkyl carbamates (subject to hydrolysis) is 1. The number of aromatic nitrogens is 1. The van der Waals surface area contributed by atoms with Gasteiger partial charge >= 0.3 is 24.5 Å². The van der Waals surface area contributed by atoms with Crippen LogP contribution in [0.25, 0.3) is 0 Å². The first-order valence-electron chi connectivity index (χ1n) is 8.16. The number of halogens is 7. The van der Waals surface area contributed by atoms with Crippen LogP contribution in [0.15, 0.2) is 28.9 Å². The van der Waals surface area contributed by atoms with Crippen molar-refractivity contribution in [3.63, 3.8) is 0 Å². The van der Waals surface area contributed by atoms with Crippen molar-refractivity contribution in [3.8, 4) is 5.75 Å². The van der Waals surface area contributed by atoms with Crippen molar-refractivity contribution in [2.45, 2.75) is 24.7 Å². The second-order valence-electron chi connectivity index (χ2n) is 6.03. The van der Waals surface area contributed by atoms with Gasteiger partial charge in [-0.05, 0) is 17.7 Å². The van der Waals surface area contributed by atoms with Crippen LogP contribution in [0.1, 0.15) is 23.2 Å². The summed E-state index contributed by atoms with van der Waals surface area (Å²) in [5, 5.41) is 3.98. The van der Waals surface area contributed by atoms with Crippen molar-refractivity contribution in [2.24, 2.45) is 0 Å². The Labute approximate surface area is 173 Å². The Balaban J connectivity index is 1.93. The minimum atomic E-state index is -5.04. The van der Waals surface area contributed by atoms with Gasteiger partial charge in [0.1, 0.15) is 17.7 Å². The van der Waals surface area contributed by atoms with E-state index in [1.807, 2.05) is 0 Å². The minimum absolute atomic E-state index is 0.0489. The summed E-state index contributed by atoms with van der Waals surface area (Å²) >= 11 is 5.79. The summed E-state index contributed by atoms with van der Waals surface area (Å²) in [7, 11) is 0. The van der Waals surface area contributed by atoms with Gasteiger partial charge in [-0.3, -0.25) is 4.79 Å². The average molecular weight is 474 g/mol. The molecule has 1 aromatic heterocycles. The van der Waals surface area contributed by atoms with Crippen LogP contribution in [0.2, 0.25) is 5.02 Å². The molecule has 0 unspecified atom stereocenters. The second kappa shape index (κ2) is 8.17. The molecule has 3 rings (SSSR count). The van der Waals surface area contributed by atoms with E-state index < -0.39 is 59.0 Å². The molecule has 8 nitrogen and oxygen atoms in total. The molecule has 0 aliphatic carbocycles. The van der Waals surface area contributed by atoms with Gasteiger partial charge in [0.15, 0.2) is 6.10 Å². The average Bonchev–Trinajstić information content (AvgIpc) is 3.29. The molecule has 0 saturated carbocycles. The zero-order valence-corrected chi connectivity index (χ0v) is 15.6. The van der Waals surface area contributed by atoms with Gasteiger partial charge in [-0.25, -0.2) is 9.78 Å². The maximum Gasteiger partial charge on any atom is 0.573 e. The molecule has 1 aromatic carbocycles. The number of hydrogen-bond acceptors (Lipinski definition) is 6. The lowest BCUT2D eigenvalue weighted by molar-refractivity contribution is -0.274. The van der Waals surface area contributed by atoms with E-state index in [-0.39, 0.29) is 12.1 Å². The number of amides is 2. The van der Waals surface area contributed by atoms with E-state index >= 15 is 0 Å². The molecule has 168 valence electrons. The SMILES string of the molecule is O=C1NC[C@@H](C(=O)N[C@@H](c2ccc(OC(F)(F)F)c(Cl)c2)c2coc(C(F)(F)F)n2)O1. The number of rotatable bonds is 5. The number of carbonyl (C=O) groups is 2. The molecule has 0 bridgehead atoms. The summed E-state index contributed by atoms with van der Waals surface area (Å²) in [5.74, 6) is -3.29. The highest BCUT2D eigenvalue weighted by molar-refractivity contribution is 6.32. The molecule has 1 saturated heterocycles. The molecule has 2 heterocycles. The normalized spacial score (nSPS) is 17.6. The first kappa shape index (κ1) is 22.5. The van der Waals surface area contributed by atoms with Crippen molar-refractivity contribution >= 4 is 23.6 Å². The number of hydrogen-bond donors (Lipinski definition) is 2. The predicted octanol–water partition coefficient (Wildman–Crippen LogP) is 3.56. The number of nitrogens with one attached hydrogen (secondary N) is 2. The van der Waals surface area contributed by atoms with Crippen LogP contribution in [0.3, 0.4) is 0 Å². The lowest BCUT2D eigenvalue weighted by Crippen LogP contribution is -2.39. The Hall–Kier alpha value is -3.16. The monoisotopic (exact) mass is 473 g/mol. The fourth-order valence-corrected chi connectivity index (χ4v) is 2.78. The Morgan fingerprint density at radius 3 is 2.52 bits per heavy atom. The van der Waals surface area contributed by atoms with Gasteiger partial charge in [0.2, 0.25) is 0 Å². The van der Waals surface area contributed by atoms with Crippen LogP contribution in [0, 0.1) is 0 Å². The van der Waals surface area contributed by atoms with Gasteiger partial charge in [0.05, 0.1) is 17.6 Å². The molecule has 2 aromatic rings. The quantitative estimate of drug-likeness (QED) is 0.644. The topological polar surface area (TPSA) is 103 Å². The van der Waals surface area contributed by atoms with Crippen molar-refractivity contribution < 1.29 is 49.8 Å². The third-order valence-electron chi connectivity index (χ3n) is 3.84. The first-order chi connectivity index (χ1) is 14.3. The van der Waals surface area contributed by atoms with E-state index in [0.717, 1.165) is 18.2 Å². The number of alkyl halides is 6. The number of nitrogens with zero attached hydrogens (tertiary/aromatic N) is 1. The number of oxazole rings is 1. The van der Waals surface area contributed by atoms with Gasteiger partial charge in [0, 0.05) is 0 Å². The lowest BCUT2D eigenvalue weighted by atomic mass is 10.0.